The minimum absolute atomic E-state index is 0.166. The van der Waals surface area contributed by atoms with Gasteiger partial charge in [-0.15, -0.1) is 0 Å². The van der Waals surface area contributed by atoms with E-state index in [1.54, 1.807) is 6.07 Å². The molecule has 20 heavy (non-hydrogen) atoms. The second kappa shape index (κ2) is 5.91. The molecule has 2 aromatic heterocycles. The molecule has 0 saturated heterocycles. The molecule has 0 aliphatic heterocycles. The average molecular weight is 293 g/mol. The lowest BCUT2D eigenvalue weighted by molar-refractivity contribution is 0.0951. The molecule has 106 valence electrons. The molecule has 0 unspecified atom stereocenters. The van der Waals surface area contributed by atoms with Gasteiger partial charge in [-0.05, 0) is 19.9 Å². The Hall–Kier alpha value is -2.09. The van der Waals surface area contributed by atoms with E-state index in [0.717, 1.165) is 16.1 Å². The zero-order valence-electron chi connectivity index (χ0n) is 11.2. The van der Waals surface area contributed by atoms with Gasteiger partial charge in [0.25, 0.3) is 17.4 Å². The first-order valence-electron chi connectivity index (χ1n) is 6.05. The van der Waals surface area contributed by atoms with Crippen molar-refractivity contribution in [2.75, 3.05) is 12.3 Å². The smallest absolute Gasteiger partial charge is 0.274 e. The van der Waals surface area contributed by atoms with E-state index in [1.165, 1.54) is 6.07 Å². The Morgan fingerprint density at radius 1 is 1.35 bits per heavy atom. The summed E-state index contributed by atoms with van der Waals surface area (Å²) >= 11 is 4.00. The van der Waals surface area contributed by atoms with Crippen LogP contribution in [0, 0.1) is 13.8 Å². The number of thiol groups is 1. The van der Waals surface area contributed by atoms with Crippen LogP contribution in [0.3, 0.4) is 0 Å². The highest BCUT2D eigenvalue weighted by atomic mass is 32.1. The third-order valence-corrected chi connectivity index (χ3v) is 2.76. The second-order valence-electron chi connectivity index (χ2n) is 4.27. The van der Waals surface area contributed by atoms with Crippen molar-refractivity contribution in [3.63, 3.8) is 0 Å². The summed E-state index contributed by atoms with van der Waals surface area (Å²) in [5, 5.41) is 5.33. The van der Waals surface area contributed by atoms with Crippen LogP contribution in [0.15, 0.2) is 16.9 Å². The van der Waals surface area contributed by atoms with Crippen LogP contribution in [-0.2, 0) is 0 Å². The van der Waals surface area contributed by atoms with Gasteiger partial charge < -0.3 is 5.32 Å². The monoisotopic (exact) mass is 293 g/mol. The van der Waals surface area contributed by atoms with E-state index in [9.17, 15) is 9.59 Å². The van der Waals surface area contributed by atoms with Crippen molar-refractivity contribution in [1.82, 2.24) is 25.1 Å². The average Bonchev–Trinajstić information content (AvgIpc) is 2.77. The van der Waals surface area contributed by atoms with Crippen LogP contribution < -0.4 is 10.9 Å². The predicted molar refractivity (Wildman–Crippen MR) is 77.6 cm³/mol. The van der Waals surface area contributed by atoms with E-state index in [0.29, 0.717) is 12.3 Å². The van der Waals surface area contributed by atoms with Crippen molar-refractivity contribution in [2.24, 2.45) is 0 Å². The first kappa shape index (κ1) is 14.3. The maximum Gasteiger partial charge on any atom is 0.274 e. The summed E-state index contributed by atoms with van der Waals surface area (Å²) in [7, 11) is 0. The van der Waals surface area contributed by atoms with Gasteiger partial charge >= 0.3 is 0 Å². The van der Waals surface area contributed by atoms with Crippen molar-refractivity contribution in [3.8, 4) is 5.95 Å². The topological polar surface area (TPSA) is 92.7 Å². The van der Waals surface area contributed by atoms with E-state index in [4.69, 9.17) is 0 Å². The molecule has 0 aliphatic rings. The Balaban J connectivity index is 2.36. The highest BCUT2D eigenvalue weighted by Gasteiger charge is 2.13. The summed E-state index contributed by atoms with van der Waals surface area (Å²) in [5.41, 5.74) is 1.27. The number of carbonyl (C=O) groups is 1. The second-order valence-corrected chi connectivity index (χ2v) is 4.72. The molecule has 2 heterocycles. The summed E-state index contributed by atoms with van der Waals surface area (Å²) in [4.78, 5) is 32.0. The van der Waals surface area contributed by atoms with Gasteiger partial charge in [-0.2, -0.15) is 17.3 Å². The van der Waals surface area contributed by atoms with E-state index >= 15 is 0 Å². The third-order valence-electron chi connectivity index (χ3n) is 2.53. The van der Waals surface area contributed by atoms with Crippen LogP contribution in [0.2, 0.25) is 0 Å². The highest BCUT2D eigenvalue weighted by molar-refractivity contribution is 7.80. The van der Waals surface area contributed by atoms with Crippen LogP contribution in [0.4, 0.5) is 0 Å². The predicted octanol–water partition coefficient (Wildman–Crippen LogP) is 0.232. The molecule has 0 fully saturated rings. The van der Waals surface area contributed by atoms with Gasteiger partial charge in [0.15, 0.2) is 0 Å². The molecule has 1 amide bonds. The minimum Gasteiger partial charge on any atom is -0.350 e. The van der Waals surface area contributed by atoms with Gasteiger partial charge in [0.2, 0.25) is 0 Å². The van der Waals surface area contributed by atoms with E-state index in [2.05, 4.69) is 33.0 Å². The number of nitrogens with zero attached hydrogens (tertiary/aromatic N) is 3. The number of hydrogen-bond acceptors (Lipinski definition) is 5. The number of aromatic amines is 1. The maximum absolute atomic E-state index is 11.9. The van der Waals surface area contributed by atoms with Crippen molar-refractivity contribution in [2.45, 2.75) is 13.8 Å². The SMILES string of the molecule is Cc1cc(C)nc(-n2[nH]c(C(=O)NCCS)cc2=O)n1. The van der Waals surface area contributed by atoms with Gasteiger partial charge in [-0.25, -0.2) is 9.97 Å². The molecule has 0 bridgehead atoms. The fourth-order valence-electron chi connectivity index (χ4n) is 1.73. The summed E-state index contributed by atoms with van der Waals surface area (Å²) in [6.45, 7) is 4.05. The summed E-state index contributed by atoms with van der Waals surface area (Å²) in [6, 6.07) is 3.02. The largest absolute Gasteiger partial charge is 0.350 e. The van der Waals surface area contributed by atoms with Crippen molar-refractivity contribution < 1.29 is 4.79 Å². The van der Waals surface area contributed by atoms with Crippen molar-refractivity contribution in [1.29, 1.82) is 0 Å². The van der Waals surface area contributed by atoms with Crippen LogP contribution in [0.1, 0.15) is 21.9 Å². The molecule has 0 spiro atoms. The van der Waals surface area contributed by atoms with E-state index < -0.39 is 0 Å². The number of hydrogen-bond donors (Lipinski definition) is 3. The zero-order valence-corrected chi connectivity index (χ0v) is 12.1. The number of carbonyl (C=O) groups excluding carboxylic acids is 1. The van der Waals surface area contributed by atoms with Crippen LogP contribution in [0.25, 0.3) is 5.95 Å². The Bertz CT molecular complexity index is 671. The van der Waals surface area contributed by atoms with Crippen molar-refractivity contribution in [3.05, 3.63) is 39.6 Å². The first-order chi connectivity index (χ1) is 9.51. The van der Waals surface area contributed by atoms with Gasteiger partial charge in [0, 0.05) is 29.8 Å². The Kier molecular flexibility index (Phi) is 4.23. The van der Waals surface area contributed by atoms with Crippen LogP contribution >= 0.6 is 12.6 Å². The molecule has 2 rings (SSSR count). The van der Waals surface area contributed by atoms with E-state index in [1.807, 2.05) is 13.8 Å². The molecular formula is C12H15N5O2S. The molecule has 0 radical (unpaired) electrons. The highest BCUT2D eigenvalue weighted by Crippen LogP contribution is 2.02. The molecular weight excluding hydrogens is 278 g/mol. The first-order valence-corrected chi connectivity index (χ1v) is 6.68. The van der Waals surface area contributed by atoms with Gasteiger partial charge in [0.05, 0.1) is 0 Å². The standard InChI is InChI=1S/C12H15N5O2S/c1-7-5-8(2)15-12(14-7)17-10(18)6-9(16-17)11(19)13-3-4-20/h5-6,16,20H,3-4H2,1-2H3,(H,13,19). The number of nitrogens with one attached hydrogen (secondary N) is 2. The fraction of sp³-hybridized carbons (Fsp3) is 0.333. The summed E-state index contributed by atoms with van der Waals surface area (Å²) in [5.74, 6) is 0.386. The zero-order chi connectivity index (χ0) is 14.7. The van der Waals surface area contributed by atoms with Gasteiger partial charge in [-0.1, -0.05) is 0 Å². The lowest BCUT2D eigenvalue weighted by Crippen LogP contribution is -2.25. The Labute approximate surface area is 120 Å². The van der Waals surface area contributed by atoms with Crippen molar-refractivity contribution >= 4 is 18.5 Å². The maximum atomic E-state index is 11.9. The normalized spacial score (nSPS) is 10.6. The van der Waals surface area contributed by atoms with E-state index in [-0.39, 0.29) is 23.1 Å². The Morgan fingerprint density at radius 2 is 2.00 bits per heavy atom. The fourth-order valence-corrected chi connectivity index (χ4v) is 1.84. The number of amides is 1. The molecule has 0 aliphatic carbocycles. The molecule has 7 nitrogen and oxygen atoms in total. The number of aryl methyl sites for hydroxylation is 2. The van der Waals surface area contributed by atoms with Crippen LogP contribution in [-0.4, -0.2) is 38.0 Å². The molecule has 8 heteroatoms. The summed E-state index contributed by atoms with van der Waals surface area (Å²) in [6.07, 6.45) is 0. The molecule has 2 aromatic rings. The number of aromatic nitrogens is 4. The quantitative estimate of drug-likeness (QED) is 0.704. The molecule has 0 aromatic carbocycles. The molecule has 0 atom stereocenters. The Morgan fingerprint density at radius 3 is 2.60 bits per heavy atom. The number of H-pyrrole nitrogens is 1. The van der Waals surface area contributed by atoms with Gasteiger partial charge in [0.1, 0.15) is 5.69 Å². The number of rotatable bonds is 4. The van der Waals surface area contributed by atoms with Gasteiger partial charge in [-0.3, -0.25) is 14.7 Å². The summed E-state index contributed by atoms with van der Waals surface area (Å²) < 4.78 is 1.15. The minimum atomic E-state index is -0.383. The third kappa shape index (κ3) is 3.08. The lowest BCUT2D eigenvalue weighted by atomic mass is 10.4. The lowest BCUT2D eigenvalue weighted by Gasteiger charge is -2.03. The molecule has 0 saturated carbocycles. The van der Waals surface area contributed by atoms with Crippen LogP contribution in [0.5, 0.6) is 0 Å². The molecule has 2 N–H and O–H groups in total.